The molecule has 0 saturated carbocycles. The van der Waals surface area contributed by atoms with E-state index >= 15 is 0 Å². The van der Waals surface area contributed by atoms with Crippen LogP contribution in [0.25, 0.3) is 0 Å². The zero-order chi connectivity index (χ0) is 28.8. The van der Waals surface area contributed by atoms with E-state index in [0.717, 1.165) is 31.4 Å². The number of piperidine rings is 1. The minimum Gasteiger partial charge on any atom is -0.494 e. The summed E-state index contributed by atoms with van der Waals surface area (Å²) in [5.41, 5.74) is 2.64. The number of amides is 2. The number of aryl methyl sites for hydroxylation is 1. The maximum atomic E-state index is 13.0. The van der Waals surface area contributed by atoms with E-state index in [2.05, 4.69) is 12.2 Å². The average molecular weight is 578 g/mol. The molecule has 3 aromatic carbocycles. The Balaban J connectivity index is 1.21. The van der Waals surface area contributed by atoms with Crippen molar-refractivity contribution in [3.8, 4) is 11.5 Å². The first-order valence-corrected chi connectivity index (χ1v) is 15.5. The molecule has 1 N–H and O–H groups in total. The largest absolute Gasteiger partial charge is 0.494 e. The van der Waals surface area contributed by atoms with Crippen molar-refractivity contribution in [1.82, 2.24) is 4.31 Å². The SMILES string of the molecule is CCc1ccc(OCCCN2C(=O)COc3ccc(NC(=O)c4ccc(S(=O)(=O)N5CCCCC5)cc4)cc32)cc1. The van der Waals surface area contributed by atoms with Crippen LogP contribution in [0.3, 0.4) is 0 Å². The third-order valence-electron chi connectivity index (χ3n) is 7.36. The number of carbonyl (C=O) groups excluding carboxylic acids is 2. The molecule has 2 heterocycles. The number of fused-ring (bicyclic) bond motifs is 1. The van der Waals surface area contributed by atoms with Gasteiger partial charge in [0.15, 0.2) is 6.61 Å². The topological polar surface area (TPSA) is 105 Å². The number of nitrogens with one attached hydrogen (secondary N) is 1. The number of ether oxygens (including phenoxy) is 2. The Hall–Kier alpha value is -3.89. The van der Waals surface area contributed by atoms with Crippen LogP contribution < -0.4 is 19.7 Å². The minimum absolute atomic E-state index is 0.0509. The molecule has 0 unspecified atom stereocenters. The smallest absolute Gasteiger partial charge is 0.265 e. The first-order chi connectivity index (χ1) is 19.8. The van der Waals surface area contributed by atoms with E-state index in [0.29, 0.717) is 55.3 Å². The van der Waals surface area contributed by atoms with Crippen molar-refractivity contribution >= 4 is 33.2 Å². The summed E-state index contributed by atoms with van der Waals surface area (Å²) in [5.74, 6) is 0.798. The number of hydrogen-bond donors (Lipinski definition) is 1. The van der Waals surface area contributed by atoms with Gasteiger partial charge >= 0.3 is 0 Å². The van der Waals surface area contributed by atoms with E-state index in [1.54, 1.807) is 23.1 Å². The second-order valence-electron chi connectivity index (χ2n) is 10.2. The van der Waals surface area contributed by atoms with Crippen molar-refractivity contribution in [2.24, 2.45) is 0 Å². The second kappa shape index (κ2) is 12.7. The standard InChI is InChI=1S/C31H35N3O6S/c1-2-23-7-12-26(13-8-23)39-20-6-19-34-28-21-25(11-16-29(28)40-22-30(34)35)32-31(36)24-9-14-27(15-10-24)41(37,38)33-17-4-3-5-18-33/h7-16,21H,2-6,17-20,22H2,1H3,(H,32,36). The van der Waals surface area contributed by atoms with Crippen LogP contribution in [0.15, 0.2) is 71.6 Å². The van der Waals surface area contributed by atoms with Crippen molar-refractivity contribution in [3.05, 3.63) is 77.9 Å². The lowest BCUT2D eigenvalue weighted by molar-refractivity contribution is -0.121. The summed E-state index contributed by atoms with van der Waals surface area (Å²) >= 11 is 0. The summed E-state index contributed by atoms with van der Waals surface area (Å²) in [4.78, 5) is 27.5. The molecule has 2 aliphatic heterocycles. The predicted octanol–water partition coefficient (Wildman–Crippen LogP) is 4.87. The zero-order valence-electron chi connectivity index (χ0n) is 23.2. The third kappa shape index (κ3) is 6.71. The highest BCUT2D eigenvalue weighted by molar-refractivity contribution is 7.89. The van der Waals surface area contributed by atoms with Crippen LogP contribution >= 0.6 is 0 Å². The lowest BCUT2D eigenvalue weighted by Crippen LogP contribution is -2.39. The van der Waals surface area contributed by atoms with Crippen LogP contribution in [0, 0.1) is 0 Å². The minimum atomic E-state index is -3.57. The van der Waals surface area contributed by atoms with Crippen LogP contribution in [-0.4, -0.2) is 57.4 Å². The summed E-state index contributed by atoms with van der Waals surface area (Å²) < 4.78 is 38.8. The molecule has 1 saturated heterocycles. The van der Waals surface area contributed by atoms with E-state index in [-0.39, 0.29) is 23.3 Å². The first kappa shape index (κ1) is 28.6. The lowest BCUT2D eigenvalue weighted by Gasteiger charge is -2.30. The van der Waals surface area contributed by atoms with Crippen LogP contribution in [-0.2, 0) is 21.2 Å². The highest BCUT2D eigenvalue weighted by atomic mass is 32.2. The highest BCUT2D eigenvalue weighted by Crippen LogP contribution is 2.35. The Morgan fingerprint density at radius 1 is 0.976 bits per heavy atom. The van der Waals surface area contributed by atoms with Crippen molar-refractivity contribution in [2.75, 3.05) is 43.1 Å². The molecule has 3 aromatic rings. The fraction of sp³-hybridized carbons (Fsp3) is 0.355. The summed E-state index contributed by atoms with van der Waals surface area (Å²) in [5, 5.41) is 2.85. The molecule has 41 heavy (non-hydrogen) atoms. The molecule has 0 atom stereocenters. The number of benzene rings is 3. The highest BCUT2D eigenvalue weighted by Gasteiger charge is 2.27. The molecular formula is C31H35N3O6S. The Labute approximate surface area is 241 Å². The number of rotatable bonds is 10. The normalized spacial score (nSPS) is 15.6. The van der Waals surface area contributed by atoms with E-state index < -0.39 is 10.0 Å². The third-order valence-corrected chi connectivity index (χ3v) is 9.27. The Morgan fingerprint density at radius 2 is 1.71 bits per heavy atom. The van der Waals surface area contributed by atoms with Gasteiger partial charge in [-0.2, -0.15) is 4.31 Å². The van der Waals surface area contributed by atoms with Gasteiger partial charge in [-0.1, -0.05) is 25.5 Å². The summed E-state index contributed by atoms with van der Waals surface area (Å²) in [6.07, 6.45) is 4.33. The summed E-state index contributed by atoms with van der Waals surface area (Å²) in [6, 6.07) is 19.1. The van der Waals surface area contributed by atoms with Gasteiger partial charge < -0.3 is 19.7 Å². The van der Waals surface area contributed by atoms with Gasteiger partial charge in [-0.05, 0) is 85.8 Å². The lowest BCUT2D eigenvalue weighted by atomic mass is 10.1. The molecule has 10 heteroatoms. The number of hydrogen-bond acceptors (Lipinski definition) is 6. The van der Waals surface area contributed by atoms with Gasteiger partial charge in [0.25, 0.3) is 11.8 Å². The number of sulfonamides is 1. The molecule has 0 radical (unpaired) electrons. The van der Waals surface area contributed by atoms with Gasteiger partial charge in [-0.25, -0.2) is 8.42 Å². The molecule has 0 aromatic heterocycles. The molecule has 216 valence electrons. The Morgan fingerprint density at radius 3 is 2.41 bits per heavy atom. The van der Waals surface area contributed by atoms with E-state index in [9.17, 15) is 18.0 Å². The van der Waals surface area contributed by atoms with Crippen LogP contribution in [0.4, 0.5) is 11.4 Å². The number of carbonyl (C=O) groups is 2. The van der Waals surface area contributed by atoms with Crippen molar-refractivity contribution in [1.29, 1.82) is 0 Å². The van der Waals surface area contributed by atoms with Gasteiger partial charge in [0.05, 0.1) is 17.2 Å². The number of anilines is 2. The maximum Gasteiger partial charge on any atom is 0.265 e. The number of nitrogens with zero attached hydrogens (tertiary/aromatic N) is 2. The van der Waals surface area contributed by atoms with Crippen molar-refractivity contribution in [2.45, 2.75) is 43.9 Å². The van der Waals surface area contributed by atoms with E-state index in [4.69, 9.17) is 9.47 Å². The molecule has 0 bridgehead atoms. The predicted molar refractivity (Wildman–Crippen MR) is 157 cm³/mol. The first-order valence-electron chi connectivity index (χ1n) is 14.1. The van der Waals surface area contributed by atoms with Crippen LogP contribution in [0.1, 0.15) is 48.5 Å². The van der Waals surface area contributed by atoms with Crippen molar-refractivity contribution < 1.29 is 27.5 Å². The van der Waals surface area contributed by atoms with Crippen LogP contribution in [0.5, 0.6) is 11.5 Å². The molecule has 5 rings (SSSR count). The Bertz CT molecular complexity index is 1480. The monoisotopic (exact) mass is 577 g/mol. The fourth-order valence-electron chi connectivity index (χ4n) is 4.99. The van der Waals surface area contributed by atoms with Crippen LogP contribution in [0.2, 0.25) is 0 Å². The van der Waals surface area contributed by atoms with Gasteiger partial charge in [0, 0.05) is 30.9 Å². The maximum absolute atomic E-state index is 13.0. The molecular weight excluding hydrogens is 542 g/mol. The quantitative estimate of drug-likeness (QED) is 0.345. The summed E-state index contributed by atoms with van der Waals surface area (Å²) in [6.45, 7) is 3.98. The molecule has 0 spiro atoms. The van der Waals surface area contributed by atoms with Gasteiger partial charge in [0.1, 0.15) is 11.5 Å². The Kier molecular flexibility index (Phi) is 8.90. The fourth-order valence-corrected chi connectivity index (χ4v) is 6.51. The van der Waals surface area contributed by atoms with Gasteiger partial charge in [0.2, 0.25) is 10.0 Å². The molecule has 9 nitrogen and oxygen atoms in total. The molecule has 0 aliphatic carbocycles. The summed E-state index contributed by atoms with van der Waals surface area (Å²) in [7, 11) is -3.57. The molecule has 2 amide bonds. The van der Waals surface area contributed by atoms with Gasteiger partial charge in [-0.3, -0.25) is 9.59 Å². The zero-order valence-corrected chi connectivity index (χ0v) is 24.0. The van der Waals surface area contributed by atoms with Gasteiger partial charge in [-0.15, -0.1) is 0 Å². The van der Waals surface area contributed by atoms with E-state index in [1.165, 1.54) is 34.1 Å². The molecule has 2 aliphatic rings. The average Bonchev–Trinajstić information content (AvgIpc) is 3.01. The van der Waals surface area contributed by atoms with E-state index in [1.807, 2.05) is 24.3 Å². The second-order valence-corrected chi connectivity index (χ2v) is 12.1. The van der Waals surface area contributed by atoms with Crippen molar-refractivity contribution in [3.63, 3.8) is 0 Å². The molecule has 1 fully saturated rings.